The van der Waals surface area contributed by atoms with Gasteiger partial charge < -0.3 is 15.0 Å². The molecule has 1 aromatic heterocycles. The summed E-state index contributed by atoms with van der Waals surface area (Å²) in [4.78, 5) is 15.9. The fraction of sp³-hybridized carbons (Fsp3) is 0.421. The fourth-order valence-electron chi connectivity index (χ4n) is 3.40. The zero-order valence-electron chi connectivity index (χ0n) is 15.8. The first-order valence-electron chi connectivity index (χ1n) is 9.02. The molecule has 7 nitrogen and oxygen atoms in total. The number of benzene rings is 1. The summed E-state index contributed by atoms with van der Waals surface area (Å²) in [5.74, 6) is -0.347. The van der Waals surface area contributed by atoms with Crippen LogP contribution in [0.5, 0.6) is 0 Å². The van der Waals surface area contributed by atoms with Crippen molar-refractivity contribution in [1.82, 2.24) is 9.29 Å². The lowest BCUT2D eigenvalue weighted by Crippen LogP contribution is -2.40. The molecule has 1 aliphatic heterocycles. The topological polar surface area (TPSA) is 91.5 Å². The van der Waals surface area contributed by atoms with Crippen LogP contribution in [0.1, 0.15) is 34.2 Å². The molecular formula is C19H25N3O4S. The van der Waals surface area contributed by atoms with Gasteiger partial charge in [-0.1, -0.05) is 25.1 Å². The van der Waals surface area contributed by atoms with Gasteiger partial charge in [-0.05, 0) is 37.5 Å². The predicted octanol–water partition coefficient (Wildman–Crippen LogP) is 2.47. The van der Waals surface area contributed by atoms with E-state index in [2.05, 4.69) is 10.3 Å². The Bertz CT molecular complexity index is 944. The van der Waals surface area contributed by atoms with Crippen molar-refractivity contribution in [3.8, 4) is 0 Å². The molecule has 0 bridgehead atoms. The SMILES string of the molecule is CCc1ccccc1NC(=O)c1[nH]c(C)c(S(=O)(=O)N2CCOCC2)c1C. The molecule has 0 saturated carbocycles. The van der Waals surface area contributed by atoms with Gasteiger partial charge in [0.1, 0.15) is 10.6 Å². The Balaban J connectivity index is 1.92. The van der Waals surface area contributed by atoms with Gasteiger partial charge in [0.25, 0.3) is 5.91 Å². The van der Waals surface area contributed by atoms with E-state index in [1.165, 1.54) is 4.31 Å². The number of aromatic amines is 1. The molecule has 2 aromatic rings. The van der Waals surface area contributed by atoms with Crippen LogP contribution in [0, 0.1) is 13.8 Å². The van der Waals surface area contributed by atoms with E-state index in [1.54, 1.807) is 13.8 Å². The number of carbonyl (C=O) groups is 1. The van der Waals surface area contributed by atoms with Gasteiger partial charge in [-0.2, -0.15) is 4.31 Å². The van der Waals surface area contributed by atoms with E-state index in [1.807, 2.05) is 31.2 Å². The molecule has 0 radical (unpaired) electrons. The number of ether oxygens (including phenoxy) is 1. The van der Waals surface area contributed by atoms with Crippen molar-refractivity contribution in [2.45, 2.75) is 32.1 Å². The van der Waals surface area contributed by atoms with E-state index in [9.17, 15) is 13.2 Å². The molecule has 146 valence electrons. The lowest BCUT2D eigenvalue weighted by molar-refractivity contribution is 0.0730. The van der Waals surface area contributed by atoms with E-state index >= 15 is 0 Å². The highest BCUT2D eigenvalue weighted by Gasteiger charge is 2.32. The van der Waals surface area contributed by atoms with Crippen LogP contribution >= 0.6 is 0 Å². The Morgan fingerprint density at radius 1 is 1.22 bits per heavy atom. The number of aryl methyl sites for hydroxylation is 2. The maximum Gasteiger partial charge on any atom is 0.272 e. The molecule has 2 heterocycles. The summed E-state index contributed by atoms with van der Waals surface area (Å²) in [7, 11) is -3.68. The molecule has 0 spiro atoms. The summed E-state index contributed by atoms with van der Waals surface area (Å²) in [6, 6.07) is 7.57. The third-order valence-corrected chi connectivity index (χ3v) is 6.98. The molecular weight excluding hydrogens is 366 g/mol. The first-order chi connectivity index (χ1) is 12.9. The highest BCUT2D eigenvalue weighted by molar-refractivity contribution is 7.89. The van der Waals surface area contributed by atoms with Crippen LogP contribution < -0.4 is 5.32 Å². The number of hydrogen-bond donors (Lipinski definition) is 2. The molecule has 27 heavy (non-hydrogen) atoms. The van der Waals surface area contributed by atoms with Gasteiger partial charge in [0.15, 0.2) is 0 Å². The molecule has 0 unspecified atom stereocenters. The monoisotopic (exact) mass is 391 g/mol. The molecule has 1 fully saturated rings. The van der Waals surface area contributed by atoms with Crippen LogP contribution in [-0.4, -0.2) is 49.9 Å². The van der Waals surface area contributed by atoms with Crippen molar-refractivity contribution in [3.63, 3.8) is 0 Å². The number of carbonyl (C=O) groups excluding carboxylic acids is 1. The molecule has 1 aliphatic rings. The minimum absolute atomic E-state index is 0.179. The molecule has 0 aliphatic carbocycles. The first kappa shape index (κ1) is 19.6. The molecule has 8 heteroatoms. The van der Waals surface area contributed by atoms with Crippen LogP contribution in [0.3, 0.4) is 0 Å². The second-order valence-corrected chi connectivity index (χ2v) is 8.44. The summed E-state index contributed by atoms with van der Waals surface area (Å²) < 4.78 is 32.7. The standard InChI is InChI=1S/C19H25N3O4S/c1-4-15-7-5-6-8-16(15)21-19(23)17-13(2)18(14(3)20-17)27(24,25)22-9-11-26-12-10-22/h5-8,20H,4,9-12H2,1-3H3,(H,21,23). The van der Waals surface area contributed by atoms with E-state index in [0.717, 1.165) is 17.7 Å². The van der Waals surface area contributed by atoms with Gasteiger partial charge in [-0.3, -0.25) is 4.79 Å². The van der Waals surface area contributed by atoms with Crippen molar-refractivity contribution in [2.24, 2.45) is 0 Å². The van der Waals surface area contributed by atoms with Gasteiger partial charge in [-0.25, -0.2) is 8.42 Å². The number of anilines is 1. The second kappa shape index (κ2) is 7.84. The Hall–Kier alpha value is -2.16. The normalized spacial score (nSPS) is 15.7. The van der Waals surface area contributed by atoms with Crippen LogP contribution in [0.15, 0.2) is 29.2 Å². The smallest absolute Gasteiger partial charge is 0.272 e. The highest BCUT2D eigenvalue weighted by atomic mass is 32.2. The van der Waals surface area contributed by atoms with Crippen LogP contribution in [0.4, 0.5) is 5.69 Å². The Morgan fingerprint density at radius 2 is 1.89 bits per heavy atom. The summed E-state index contributed by atoms with van der Waals surface area (Å²) in [5.41, 5.74) is 2.92. The summed E-state index contributed by atoms with van der Waals surface area (Å²) >= 11 is 0. The molecule has 3 rings (SSSR count). The van der Waals surface area contributed by atoms with E-state index < -0.39 is 10.0 Å². The van der Waals surface area contributed by atoms with Crippen LogP contribution in [-0.2, 0) is 21.2 Å². The minimum Gasteiger partial charge on any atom is -0.379 e. The third-order valence-electron chi connectivity index (χ3n) is 4.81. The predicted molar refractivity (Wildman–Crippen MR) is 104 cm³/mol. The van der Waals surface area contributed by atoms with E-state index in [4.69, 9.17) is 4.74 Å². The average molecular weight is 391 g/mol. The zero-order valence-corrected chi connectivity index (χ0v) is 16.6. The summed E-state index contributed by atoms with van der Waals surface area (Å²) in [5, 5.41) is 2.89. The van der Waals surface area contributed by atoms with Gasteiger partial charge >= 0.3 is 0 Å². The Morgan fingerprint density at radius 3 is 2.56 bits per heavy atom. The summed E-state index contributed by atoms with van der Waals surface area (Å²) in [6.45, 7) is 6.75. The number of nitrogens with zero attached hydrogens (tertiary/aromatic N) is 1. The number of morpholine rings is 1. The molecule has 1 amide bonds. The summed E-state index contributed by atoms with van der Waals surface area (Å²) in [6.07, 6.45) is 0.788. The number of aromatic nitrogens is 1. The van der Waals surface area contributed by atoms with Gasteiger partial charge in [0.2, 0.25) is 10.0 Å². The average Bonchev–Trinajstić information content (AvgIpc) is 2.98. The lowest BCUT2D eigenvalue weighted by Gasteiger charge is -2.26. The van der Waals surface area contributed by atoms with Crippen molar-refractivity contribution < 1.29 is 17.9 Å². The first-order valence-corrected chi connectivity index (χ1v) is 10.5. The molecule has 0 atom stereocenters. The van der Waals surface area contributed by atoms with Crippen molar-refractivity contribution in [3.05, 3.63) is 46.8 Å². The number of rotatable bonds is 5. The van der Waals surface area contributed by atoms with Crippen molar-refractivity contribution >= 4 is 21.6 Å². The molecule has 2 N–H and O–H groups in total. The Kier molecular flexibility index (Phi) is 5.69. The lowest BCUT2D eigenvalue weighted by atomic mass is 10.1. The van der Waals surface area contributed by atoms with Crippen molar-refractivity contribution in [2.75, 3.05) is 31.6 Å². The maximum absolute atomic E-state index is 13.0. The number of nitrogens with one attached hydrogen (secondary N) is 2. The largest absolute Gasteiger partial charge is 0.379 e. The number of H-pyrrole nitrogens is 1. The van der Waals surface area contributed by atoms with Gasteiger partial charge in [-0.15, -0.1) is 0 Å². The zero-order chi connectivity index (χ0) is 19.6. The van der Waals surface area contributed by atoms with E-state index in [0.29, 0.717) is 37.6 Å². The van der Waals surface area contributed by atoms with E-state index in [-0.39, 0.29) is 16.5 Å². The fourth-order valence-corrected chi connectivity index (χ4v) is 5.21. The minimum atomic E-state index is -3.68. The van der Waals surface area contributed by atoms with Gasteiger partial charge in [0, 0.05) is 24.5 Å². The highest BCUT2D eigenvalue weighted by Crippen LogP contribution is 2.28. The Labute approximate surface area is 159 Å². The number of sulfonamides is 1. The van der Waals surface area contributed by atoms with Crippen LogP contribution in [0.2, 0.25) is 0 Å². The van der Waals surface area contributed by atoms with Crippen LogP contribution in [0.25, 0.3) is 0 Å². The number of hydrogen-bond acceptors (Lipinski definition) is 4. The third kappa shape index (κ3) is 3.78. The second-order valence-electron chi connectivity index (χ2n) is 6.56. The maximum atomic E-state index is 13.0. The number of para-hydroxylation sites is 1. The quantitative estimate of drug-likeness (QED) is 0.819. The van der Waals surface area contributed by atoms with Crippen molar-refractivity contribution in [1.29, 1.82) is 0 Å². The molecule has 1 saturated heterocycles. The molecule has 1 aromatic carbocycles. The number of amides is 1. The van der Waals surface area contributed by atoms with Gasteiger partial charge in [0.05, 0.1) is 13.2 Å².